The molecule has 0 unspecified atom stereocenters. The molecular weight excluding hydrogens is 392 g/mol. The van der Waals surface area contributed by atoms with Crippen molar-refractivity contribution < 1.29 is 13.2 Å². The minimum Gasteiger partial charge on any atom is -0.492 e. The smallest absolute Gasteiger partial charge is 0.265 e. The Balaban J connectivity index is 2.09. The molecule has 5 nitrogen and oxygen atoms in total. The van der Waals surface area contributed by atoms with Crippen LogP contribution in [-0.2, 0) is 16.4 Å². The van der Waals surface area contributed by atoms with Crippen molar-refractivity contribution in [3.05, 3.63) is 57.9 Å². The highest BCUT2D eigenvalue weighted by molar-refractivity contribution is 7.92. The molecule has 1 N–H and O–H groups in total. The van der Waals surface area contributed by atoms with Gasteiger partial charge in [-0.05, 0) is 56.5 Å². The van der Waals surface area contributed by atoms with Crippen LogP contribution in [-0.4, -0.2) is 20.0 Å². The lowest BCUT2D eigenvalue weighted by Gasteiger charge is -2.17. The Morgan fingerprint density at radius 1 is 1.14 bits per heavy atom. The predicted molar refractivity (Wildman–Crippen MR) is 115 cm³/mol. The van der Waals surface area contributed by atoms with Crippen LogP contribution in [0.25, 0.3) is 11.3 Å². The number of nitrogens with one attached hydrogen (secondary N) is 1. The minimum absolute atomic E-state index is 0.114. The average molecular weight is 417 g/mol. The summed E-state index contributed by atoms with van der Waals surface area (Å²) >= 11 is 1.53. The Bertz CT molecular complexity index is 1090. The van der Waals surface area contributed by atoms with E-state index in [4.69, 9.17) is 4.74 Å². The number of aryl methyl sites for hydroxylation is 3. The number of aromatic nitrogens is 1. The maximum Gasteiger partial charge on any atom is 0.265 e. The molecule has 0 aliphatic carbocycles. The van der Waals surface area contributed by atoms with Crippen molar-refractivity contribution in [2.75, 3.05) is 11.3 Å². The highest BCUT2D eigenvalue weighted by Gasteiger charge is 2.23. The molecule has 0 saturated carbocycles. The third-order valence-electron chi connectivity index (χ3n) is 4.42. The van der Waals surface area contributed by atoms with Gasteiger partial charge in [-0.1, -0.05) is 25.1 Å². The summed E-state index contributed by atoms with van der Waals surface area (Å²) in [5, 5.41) is 2.85. The van der Waals surface area contributed by atoms with E-state index in [2.05, 4.69) is 9.71 Å². The van der Waals surface area contributed by atoms with Crippen molar-refractivity contribution in [1.29, 1.82) is 0 Å². The molecule has 0 fully saturated rings. The summed E-state index contributed by atoms with van der Waals surface area (Å²) in [7, 11) is -3.84. The first-order valence-electron chi connectivity index (χ1n) is 9.16. The Labute approximate surface area is 170 Å². The van der Waals surface area contributed by atoms with Gasteiger partial charge in [0.05, 0.1) is 23.0 Å². The van der Waals surface area contributed by atoms with Gasteiger partial charge in [0, 0.05) is 10.9 Å². The summed E-state index contributed by atoms with van der Waals surface area (Å²) in [4.78, 5) is 4.58. The molecule has 0 atom stereocenters. The quantitative estimate of drug-likeness (QED) is 0.576. The van der Waals surface area contributed by atoms with Crippen molar-refractivity contribution >= 4 is 27.0 Å². The van der Waals surface area contributed by atoms with Gasteiger partial charge in [0.1, 0.15) is 10.6 Å². The fourth-order valence-electron chi connectivity index (χ4n) is 3.01. The van der Waals surface area contributed by atoms with E-state index in [1.54, 1.807) is 12.1 Å². The number of para-hydroxylation sites is 1. The highest BCUT2D eigenvalue weighted by Crippen LogP contribution is 2.33. The van der Waals surface area contributed by atoms with E-state index in [0.717, 1.165) is 33.8 Å². The fourth-order valence-corrected chi connectivity index (χ4v) is 4.97. The maximum absolute atomic E-state index is 13.3. The highest BCUT2D eigenvalue weighted by atomic mass is 32.2. The molecule has 148 valence electrons. The zero-order valence-corrected chi connectivity index (χ0v) is 18.1. The summed E-state index contributed by atoms with van der Waals surface area (Å²) < 4.78 is 35.0. The number of benzene rings is 2. The largest absolute Gasteiger partial charge is 0.492 e. The van der Waals surface area contributed by atoms with Crippen LogP contribution in [0.4, 0.5) is 5.69 Å². The number of hydrogen-bond donors (Lipinski definition) is 1. The lowest BCUT2D eigenvalue weighted by Crippen LogP contribution is -2.16. The van der Waals surface area contributed by atoms with Crippen LogP contribution in [0.2, 0.25) is 0 Å². The lowest BCUT2D eigenvalue weighted by atomic mass is 10.1. The predicted octanol–water partition coefficient (Wildman–Crippen LogP) is 5.19. The average Bonchev–Trinajstić information content (AvgIpc) is 3.10. The Hall–Kier alpha value is -2.38. The zero-order chi connectivity index (χ0) is 20.3. The van der Waals surface area contributed by atoms with Crippen molar-refractivity contribution in [3.63, 3.8) is 0 Å². The van der Waals surface area contributed by atoms with Crippen molar-refractivity contribution in [1.82, 2.24) is 4.98 Å². The molecule has 0 radical (unpaired) electrons. The second-order valence-electron chi connectivity index (χ2n) is 6.41. The van der Waals surface area contributed by atoms with Crippen molar-refractivity contribution in [3.8, 4) is 17.0 Å². The Kier molecular flexibility index (Phi) is 6.05. The Morgan fingerprint density at radius 3 is 2.57 bits per heavy atom. The third kappa shape index (κ3) is 4.20. The molecule has 0 spiro atoms. The van der Waals surface area contributed by atoms with Crippen LogP contribution < -0.4 is 9.46 Å². The molecule has 1 heterocycles. The number of anilines is 1. The van der Waals surface area contributed by atoms with E-state index in [-0.39, 0.29) is 4.90 Å². The second-order valence-corrected chi connectivity index (χ2v) is 9.13. The summed E-state index contributed by atoms with van der Waals surface area (Å²) in [5.41, 5.74) is 3.96. The van der Waals surface area contributed by atoms with Crippen LogP contribution in [0.1, 0.15) is 30.0 Å². The number of sulfonamides is 1. The zero-order valence-electron chi connectivity index (χ0n) is 16.4. The van der Waals surface area contributed by atoms with E-state index in [1.807, 2.05) is 57.3 Å². The normalized spacial score (nSPS) is 11.4. The molecular formula is C21H24N2O3S2. The maximum atomic E-state index is 13.3. The van der Waals surface area contributed by atoms with Gasteiger partial charge < -0.3 is 4.74 Å². The molecule has 2 aromatic carbocycles. The molecule has 0 saturated heterocycles. The number of thiazole rings is 1. The van der Waals surface area contributed by atoms with Crippen molar-refractivity contribution in [2.45, 2.75) is 39.0 Å². The number of ether oxygens (including phenoxy) is 1. The molecule has 0 aliphatic rings. The van der Waals surface area contributed by atoms with E-state index in [1.165, 1.54) is 11.3 Å². The summed E-state index contributed by atoms with van der Waals surface area (Å²) in [6.45, 7) is 8.03. The molecule has 3 aromatic rings. The standard InChI is InChI=1S/C21H24N2O3S2/c1-5-16-9-7-8-14(3)21(16)23-28(24,25)20-12-17(10-11-19(20)26-6-2)18-13-27-15(4)22-18/h7-13,23H,5-6H2,1-4H3. The first-order valence-corrected chi connectivity index (χ1v) is 11.5. The minimum atomic E-state index is -3.84. The van der Waals surface area contributed by atoms with E-state index < -0.39 is 10.0 Å². The van der Waals surface area contributed by atoms with Gasteiger partial charge in [-0.25, -0.2) is 13.4 Å². The summed E-state index contributed by atoms with van der Waals surface area (Å²) in [5.74, 6) is 0.331. The third-order valence-corrected chi connectivity index (χ3v) is 6.57. The first kappa shape index (κ1) is 20.4. The van der Waals surface area contributed by atoms with E-state index in [0.29, 0.717) is 18.0 Å². The summed E-state index contributed by atoms with van der Waals surface area (Å²) in [6, 6.07) is 10.9. The topological polar surface area (TPSA) is 68.3 Å². The second kappa shape index (κ2) is 8.32. The molecule has 28 heavy (non-hydrogen) atoms. The Morgan fingerprint density at radius 2 is 1.93 bits per heavy atom. The van der Waals surface area contributed by atoms with Crippen LogP contribution >= 0.6 is 11.3 Å². The number of hydrogen-bond acceptors (Lipinski definition) is 5. The van der Waals surface area contributed by atoms with Gasteiger partial charge in [-0.15, -0.1) is 11.3 Å². The molecule has 0 amide bonds. The molecule has 3 rings (SSSR count). The molecule has 1 aromatic heterocycles. The van der Waals surface area contributed by atoms with Crippen LogP contribution in [0.3, 0.4) is 0 Å². The van der Waals surface area contributed by atoms with E-state index >= 15 is 0 Å². The van der Waals surface area contributed by atoms with Crippen LogP contribution in [0.15, 0.2) is 46.7 Å². The van der Waals surface area contributed by atoms with Gasteiger partial charge in [0.25, 0.3) is 10.0 Å². The monoisotopic (exact) mass is 416 g/mol. The SMILES string of the molecule is CCOc1ccc(-c2csc(C)n2)cc1S(=O)(=O)Nc1c(C)cccc1CC. The lowest BCUT2D eigenvalue weighted by molar-refractivity contribution is 0.331. The van der Waals surface area contributed by atoms with Gasteiger partial charge in [0.2, 0.25) is 0 Å². The van der Waals surface area contributed by atoms with Crippen molar-refractivity contribution in [2.24, 2.45) is 0 Å². The van der Waals surface area contributed by atoms with Crippen LogP contribution in [0.5, 0.6) is 5.75 Å². The summed E-state index contributed by atoms with van der Waals surface area (Å²) in [6.07, 6.45) is 0.732. The molecule has 0 aliphatic heterocycles. The van der Waals surface area contributed by atoms with Gasteiger partial charge in [0.15, 0.2) is 0 Å². The first-order chi connectivity index (χ1) is 13.4. The van der Waals surface area contributed by atoms with Crippen LogP contribution in [0, 0.1) is 13.8 Å². The van der Waals surface area contributed by atoms with Gasteiger partial charge in [-0.3, -0.25) is 4.72 Å². The fraction of sp³-hybridized carbons (Fsp3) is 0.286. The molecule has 7 heteroatoms. The molecule has 0 bridgehead atoms. The van der Waals surface area contributed by atoms with E-state index in [9.17, 15) is 8.42 Å². The van der Waals surface area contributed by atoms with Gasteiger partial charge in [-0.2, -0.15) is 0 Å². The number of nitrogens with zero attached hydrogens (tertiary/aromatic N) is 1. The van der Waals surface area contributed by atoms with Gasteiger partial charge >= 0.3 is 0 Å². The number of rotatable bonds is 7.